The van der Waals surface area contributed by atoms with Gasteiger partial charge < -0.3 is 5.32 Å². The van der Waals surface area contributed by atoms with Crippen LogP contribution in [0.25, 0.3) is 0 Å². The van der Waals surface area contributed by atoms with Gasteiger partial charge in [0.15, 0.2) is 0 Å². The molecule has 0 aromatic heterocycles. The lowest BCUT2D eigenvalue weighted by molar-refractivity contribution is 0.761. The van der Waals surface area contributed by atoms with E-state index in [0.717, 1.165) is 12.2 Å². The first-order chi connectivity index (χ1) is 6.77. The van der Waals surface area contributed by atoms with Gasteiger partial charge in [0, 0.05) is 16.6 Å². The van der Waals surface area contributed by atoms with E-state index in [1.807, 2.05) is 11.8 Å². The molecule has 0 aliphatic carbocycles. The van der Waals surface area contributed by atoms with Crippen LogP contribution in [0.5, 0.6) is 0 Å². The minimum atomic E-state index is 0.550. The predicted molar refractivity (Wildman–Crippen MR) is 66.2 cm³/mol. The van der Waals surface area contributed by atoms with Gasteiger partial charge in [0.1, 0.15) is 0 Å². The second kappa shape index (κ2) is 5.97. The maximum absolute atomic E-state index is 3.52. The van der Waals surface area contributed by atoms with E-state index in [1.165, 1.54) is 10.6 Å². The lowest BCUT2D eigenvalue weighted by atomic mass is 10.2. The van der Waals surface area contributed by atoms with Crippen molar-refractivity contribution in [3.8, 4) is 0 Å². The molecule has 1 unspecified atom stereocenters. The second-order valence-electron chi connectivity index (χ2n) is 3.38. The molecule has 0 radical (unpaired) electrons. The molecule has 0 heterocycles. The molecule has 1 aromatic carbocycles. The van der Waals surface area contributed by atoms with Crippen molar-refractivity contribution in [2.75, 3.05) is 11.1 Å². The molecular formula is C12H19NS. The Bertz CT molecular complexity index is 273. The lowest BCUT2D eigenvalue weighted by Crippen LogP contribution is -2.13. The smallest absolute Gasteiger partial charge is 0.0480 e. The Hall–Kier alpha value is -0.630. The molecule has 0 aliphatic rings. The first-order valence-electron chi connectivity index (χ1n) is 5.26. The van der Waals surface area contributed by atoms with Gasteiger partial charge in [-0.05, 0) is 31.2 Å². The highest BCUT2D eigenvalue weighted by molar-refractivity contribution is 7.99. The number of hydrogen-bond acceptors (Lipinski definition) is 2. The van der Waals surface area contributed by atoms with Crippen LogP contribution in [0.15, 0.2) is 29.2 Å². The van der Waals surface area contributed by atoms with Crippen LogP contribution in [-0.4, -0.2) is 11.8 Å². The average Bonchev–Trinajstić information content (AvgIpc) is 2.21. The van der Waals surface area contributed by atoms with Crippen LogP contribution in [0.4, 0.5) is 5.69 Å². The van der Waals surface area contributed by atoms with E-state index in [0.29, 0.717) is 6.04 Å². The fraction of sp³-hybridized carbons (Fsp3) is 0.500. The highest BCUT2D eigenvalue weighted by Gasteiger charge is 2.03. The summed E-state index contributed by atoms with van der Waals surface area (Å²) < 4.78 is 0. The molecule has 1 aromatic rings. The fourth-order valence-electron chi connectivity index (χ4n) is 1.23. The molecule has 1 N–H and O–H groups in total. The molecule has 0 amide bonds. The quantitative estimate of drug-likeness (QED) is 0.735. The normalized spacial score (nSPS) is 12.5. The van der Waals surface area contributed by atoms with Crippen molar-refractivity contribution in [2.24, 2.45) is 0 Å². The van der Waals surface area contributed by atoms with Crippen molar-refractivity contribution in [3.63, 3.8) is 0 Å². The molecule has 0 saturated heterocycles. The van der Waals surface area contributed by atoms with Crippen molar-refractivity contribution in [3.05, 3.63) is 24.3 Å². The van der Waals surface area contributed by atoms with Crippen molar-refractivity contribution in [2.45, 2.75) is 38.1 Å². The largest absolute Gasteiger partial charge is 0.382 e. The first-order valence-corrected chi connectivity index (χ1v) is 6.24. The maximum Gasteiger partial charge on any atom is 0.0480 e. The van der Waals surface area contributed by atoms with Crippen LogP contribution in [0, 0.1) is 0 Å². The van der Waals surface area contributed by atoms with Gasteiger partial charge in [-0.15, -0.1) is 11.8 Å². The SMILES string of the molecule is CCSc1ccccc1NC(C)CC. The van der Waals surface area contributed by atoms with Crippen LogP contribution in [0.2, 0.25) is 0 Å². The molecule has 1 atom stereocenters. The minimum absolute atomic E-state index is 0.550. The van der Waals surface area contributed by atoms with Gasteiger partial charge in [-0.2, -0.15) is 0 Å². The highest BCUT2D eigenvalue weighted by atomic mass is 32.2. The highest BCUT2D eigenvalue weighted by Crippen LogP contribution is 2.27. The zero-order chi connectivity index (χ0) is 10.4. The summed E-state index contributed by atoms with van der Waals surface area (Å²) in [6.45, 7) is 6.60. The molecule has 78 valence electrons. The summed E-state index contributed by atoms with van der Waals surface area (Å²) in [5.41, 5.74) is 1.27. The van der Waals surface area contributed by atoms with E-state index < -0.39 is 0 Å². The molecule has 0 saturated carbocycles. The van der Waals surface area contributed by atoms with Crippen molar-refractivity contribution in [1.29, 1.82) is 0 Å². The summed E-state index contributed by atoms with van der Waals surface area (Å²) in [6, 6.07) is 9.07. The summed E-state index contributed by atoms with van der Waals surface area (Å²) >= 11 is 1.89. The summed E-state index contributed by atoms with van der Waals surface area (Å²) in [5, 5.41) is 3.52. The van der Waals surface area contributed by atoms with E-state index in [9.17, 15) is 0 Å². The Labute approximate surface area is 91.3 Å². The van der Waals surface area contributed by atoms with Crippen molar-refractivity contribution >= 4 is 17.4 Å². The third-order valence-corrected chi connectivity index (χ3v) is 3.16. The number of nitrogens with one attached hydrogen (secondary N) is 1. The predicted octanol–water partition coefficient (Wildman–Crippen LogP) is 4.01. The molecule has 1 nitrogen and oxygen atoms in total. The first kappa shape index (κ1) is 11.4. The lowest BCUT2D eigenvalue weighted by Gasteiger charge is -2.15. The molecule has 2 heteroatoms. The van der Waals surface area contributed by atoms with Gasteiger partial charge in [-0.25, -0.2) is 0 Å². The van der Waals surface area contributed by atoms with Crippen LogP contribution in [-0.2, 0) is 0 Å². The van der Waals surface area contributed by atoms with E-state index in [-0.39, 0.29) is 0 Å². The fourth-order valence-corrected chi connectivity index (χ4v) is 2.00. The summed E-state index contributed by atoms with van der Waals surface area (Å²) in [5.74, 6) is 1.12. The molecule has 14 heavy (non-hydrogen) atoms. The van der Waals surface area contributed by atoms with Crippen molar-refractivity contribution < 1.29 is 0 Å². The minimum Gasteiger partial charge on any atom is -0.382 e. The molecule has 0 fully saturated rings. The monoisotopic (exact) mass is 209 g/mol. The summed E-state index contributed by atoms with van der Waals surface area (Å²) in [4.78, 5) is 1.36. The average molecular weight is 209 g/mol. The van der Waals surface area contributed by atoms with Crippen LogP contribution in [0.1, 0.15) is 27.2 Å². The number of benzene rings is 1. The Morgan fingerprint density at radius 1 is 1.29 bits per heavy atom. The third-order valence-electron chi connectivity index (χ3n) is 2.20. The van der Waals surface area contributed by atoms with Gasteiger partial charge in [0.05, 0.1) is 0 Å². The van der Waals surface area contributed by atoms with Gasteiger partial charge in [0.2, 0.25) is 0 Å². The number of para-hydroxylation sites is 1. The van der Waals surface area contributed by atoms with Gasteiger partial charge in [-0.1, -0.05) is 26.0 Å². The number of thioether (sulfide) groups is 1. The van der Waals surface area contributed by atoms with E-state index in [2.05, 4.69) is 50.4 Å². The maximum atomic E-state index is 3.52. The molecular weight excluding hydrogens is 190 g/mol. The Kier molecular flexibility index (Phi) is 4.88. The van der Waals surface area contributed by atoms with Crippen molar-refractivity contribution in [1.82, 2.24) is 0 Å². The summed E-state index contributed by atoms with van der Waals surface area (Å²) in [7, 11) is 0. The van der Waals surface area contributed by atoms with Gasteiger partial charge in [-0.3, -0.25) is 0 Å². The standard InChI is InChI=1S/C12H19NS/c1-4-10(3)13-11-8-6-7-9-12(11)14-5-2/h6-10,13H,4-5H2,1-3H3. The number of anilines is 1. The Morgan fingerprint density at radius 2 is 2.00 bits per heavy atom. The van der Waals surface area contributed by atoms with Gasteiger partial charge >= 0.3 is 0 Å². The molecule has 0 spiro atoms. The molecule has 1 rings (SSSR count). The molecule has 0 bridgehead atoms. The summed E-state index contributed by atoms with van der Waals surface area (Å²) in [6.07, 6.45) is 1.16. The second-order valence-corrected chi connectivity index (χ2v) is 4.69. The Morgan fingerprint density at radius 3 is 2.64 bits per heavy atom. The van der Waals surface area contributed by atoms with Crippen LogP contribution < -0.4 is 5.32 Å². The van der Waals surface area contributed by atoms with Crippen LogP contribution >= 0.6 is 11.8 Å². The zero-order valence-electron chi connectivity index (χ0n) is 9.21. The van der Waals surface area contributed by atoms with Crippen LogP contribution in [0.3, 0.4) is 0 Å². The number of hydrogen-bond donors (Lipinski definition) is 1. The van der Waals surface area contributed by atoms with E-state index in [1.54, 1.807) is 0 Å². The third kappa shape index (κ3) is 3.26. The molecule has 0 aliphatic heterocycles. The van der Waals surface area contributed by atoms with Gasteiger partial charge in [0.25, 0.3) is 0 Å². The van der Waals surface area contributed by atoms with E-state index in [4.69, 9.17) is 0 Å². The Balaban J connectivity index is 2.73. The zero-order valence-corrected chi connectivity index (χ0v) is 10.0. The number of rotatable bonds is 5. The topological polar surface area (TPSA) is 12.0 Å². The van der Waals surface area contributed by atoms with E-state index >= 15 is 0 Å².